The van der Waals surface area contributed by atoms with Crippen LogP contribution in [0.5, 0.6) is 0 Å². The van der Waals surface area contributed by atoms with E-state index in [2.05, 4.69) is 24.1 Å². The predicted octanol–water partition coefficient (Wildman–Crippen LogP) is 2.84. The molecular weight excluding hydrogens is 274 g/mol. The van der Waals surface area contributed by atoms with Gasteiger partial charge in [-0.05, 0) is 37.0 Å². The first-order valence-electron chi connectivity index (χ1n) is 6.98. The molecule has 3 N–H and O–H groups in total. The van der Waals surface area contributed by atoms with E-state index >= 15 is 0 Å². The Bertz CT molecular complexity index is 496. The highest BCUT2D eigenvalue weighted by Crippen LogP contribution is 2.25. The molecule has 0 saturated carbocycles. The number of likely N-dealkylation sites (tertiary alicyclic amines) is 1. The van der Waals surface area contributed by atoms with Crippen LogP contribution >= 0.6 is 11.6 Å². The molecule has 4 nitrogen and oxygen atoms in total. The first kappa shape index (κ1) is 15.1. The van der Waals surface area contributed by atoms with Gasteiger partial charge in [0.25, 0.3) is 0 Å². The van der Waals surface area contributed by atoms with Crippen LogP contribution in [-0.4, -0.2) is 29.9 Å². The van der Waals surface area contributed by atoms with Gasteiger partial charge in [0.2, 0.25) is 5.91 Å². The second kappa shape index (κ2) is 6.02. The molecule has 1 amide bonds. The van der Waals surface area contributed by atoms with E-state index in [9.17, 15) is 4.79 Å². The number of nitrogens with zero attached hydrogens (tertiary/aromatic N) is 1. The molecule has 0 bridgehead atoms. The fraction of sp³-hybridized carbons (Fsp3) is 0.533. The first-order chi connectivity index (χ1) is 9.38. The first-order valence-corrected chi connectivity index (χ1v) is 7.36. The summed E-state index contributed by atoms with van der Waals surface area (Å²) in [4.78, 5) is 14.5. The number of benzene rings is 1. The lowest BCUT2D eigenvalue weighted by Gasteiger charge is -2.23. The van der Waals surface area contributed by atoms with Crippen molar-refractivity contribution in [1.29, 1.82) is 0 Å². The molecule has 1 fully saturated rings. The standard InChI is InChI=1S/C15H22ClN3O/c1-9-7-19(8-10(9)2)11(3)15(20)18-12-4-5-13(16)14(17)6-12/h4-6,9-11H,7-8,17H2,1-3H3,(H,18,20). The topological polar surface area (TPSA) is 58.4 Å². The number of rotatable bonds is 3. The number of hydrogen-bond acceptors (Lipinski definition) is 3. The molecule has 1 saturated heterocycles. The Kier molecular flexibility index (Phi) is 4.55. The van der Waals surface area contributed by atoms with Crippen LogP contribution in [0.4, 0.5) is 11.4 Å². The number of halogens is 1. The molecule has 0 radical (unpaired) electrons. The predicted molar refractivity (Wildman–Crippen MR) is 83.9 cm³/mol. The zero-order valence-corrected chi connectivity index (χ0v) is 12.9. The van der Waals surface area contributed by atoms with Crippen molar-refractivity contribution in [2.75, 3.05) is 24.1 Å². The minimum atomic E-state index is -0.140. The van der Waals surface area contributed by atoms with Gasteiger partial charge in [-0.15, -0.1) is 0 Å². The lowest BCUT2D eigenvalue weighted by Crippen LogP contribution is -2.40. The number of carbonyl (C=O) groups is 1. The van der Waals surface area contributed by atoms with Gasteiger partial charge in [-0.2, -0.15) is 0 Å². The van der Waals surface area contributed by atoms with Crippen molar-refractivity contribution >= 4 is 28.9 Å². The lowest BCUT2D eigenvalue weighted by molar-refractivity contribution is -0.120. The van der Waals surface area contributed by atoms with Crippen molar-refractivity contribution in [3.05, 3.63) is 23.2 Å². The van der Waals surface area contributed by atoms with Gasteiger partial charge in [0.05, 0.1) is 16.8 Å². The molecule has 0 aromatic heterocycles. The normalized spacial score (nSPS) is 24.6. The minimum Gasteiger partial charge on any atom is -0.397 e. The van der Waals surface area contributed by atoms with Crippen LogP contribution in [0.2, 0.25) is 5.02 Å². The number of amides is 1. The Morgan fingerprint density at radius 3 is 2.55 bits per heavy atom. The van der Waals surface area contributed by atoms with E-state index in [-0.39, 0.29) is 11.9 Å². The summed E-state index contributed by atoms with van der Waals surface area (Å²) < 4.78 is 0. The molecule has 1 aliphatic heterocycles. The van der Waals surface area contributed by atoms with Gasteiger partial charge < -0.3 is 11.1 Å². The summed E-state index contributed by atoms with van der Waals surface area (Å²) in [6.45, 7) is 8.35. The maximum absolute atomic E-state index is 12.3. The highest BCUT2D eigenvalue weighted by Gasteiger charge is 2.31. The van der Waals surface area contributed by atoms with Crippen LogP contribution in [0.1, 0.15) is 20.8 Å². The van der Waals surface area contributed by atoms with Gasteiger partial charge in [0.15, 0.2) is 0 Å². The largest absolute Gasteiger partial charge is 0.397 e. The van der Waals surface area contributed by atoms with Crippen molar-refractivity contribution in [2.45, 2.75) is 26.8 Å². The third kappa shape index (κ3) is 3.25. The summed E-state index contributed by atoms with van der Waals surface area (Å²) in [5, 5.41) is 3.40. The van der Waals surface area contributed by atoms with Crippen molar-refractivity contribution in [1.82, 2.24) is 4.90 Å². The van der Waals surface area contributed by atoms with Gasteiger partial charge >= 0.3 is 0 Å². The Morgan fingerprint density at radius 2 is 2.00 bits per heavy atom. The summed E-state index contributed by atoms with van der Waals surface area (Å²) in [5.74, 6) is 1.26. The molecule has 0 aliphatic carbocycles. The third-order valence-electron chi connectivity index (χ3n) is 4.21. The van der Waals surface area contributed by atoms with Crippen molar-refractivity contribution in [2.24, 2.45) is 11.8 Å². The summed E-state index contributed by atoms with van der Waals surface area (Å²) in [7, 11) is 0. The molecule has 3 unspecified atom stereocenters. The quantitative estimate of drug-likeness (QED) is 0.843. The zero-order valence-electron chi connectivity index (χ0n) is 12.2. The Morgan fingerprint density at radius 1 is 1.40 bits per heavy atom. The maximum atomic E-state index is 12.3. The van der Waals surface area contributed by atoms with E-state index < -0.39 is 0 Å². The van der Waals surface area contributed by atoms with E-state index in [1.807, 2.05) is 6.92 Å². The monoisotopic (exact) mass is 295 g/mol. The molecule has 2 rings (SSSR count). The second-order valence-corrected chi connectivity index (χ2v) is 6.22. The summed E-state index contributed by atoms with van der Waals surface area (Å²) >= 11 is 5.87. The Balaban J connectivity index is 1.99. The van der Waals surface area contributed by atoms with Crippen LogP contribution in [0, 0.1) is 11.8 Å². The van der Waals surface area contributed by atoms with E-state index in [0.717, 1.165) is 13.1 Å². The third-order valence-corrected chi connectivity index (χ3v) is 4.55. The molecule has 3 atom stereocenters. The molecule has 1 aliphatic rings. The number of anilines is 2. The van der Waals surface area contributed by atoms with Crippen LogP contribution in [0.25, 0.3) is 0 Å². The minimum absolute atomic E-state index is 0.00646. The summed E-state index contributed by atoms with van der Waals surface area (Å²) in [6.07, 6.45) is 0. The Hall–Kier alpha value is -1.26. The van der Waals surface area contributed by atoms with Crippen molar-refractivity contribution in [3.63, 3.8) is 0 Å². The Labute approximate surface area is 125 Å². The van der Waals surface area contributed by atoms with Crippen LogP contribution in [0.3, 0.4) is 0 Å². The van der Waals surface area contributed by atoms with Gasteiger partial charge in [-0.1, -0.05) is 25.4 Å². The molecular formula is C15H22ClN3O. The van der Waals surface area contributed by atoms with Gasteiger partial charge in [-0.25, -0.2) is 0 Å². The molecule has 0 spiro atoms. The average Bonchev–Trinajstić information content (AvgIpc) is 2.73. The zero-order chi connectivity index (χ0) is 14.9. The fourth-order valence-corrected chi connectivity index (χ4v) is 2.64. The molecule has 110 valence electrons. The summed E-state index contributed by atoms with van der Waals surface area (Å²) in [6, 6.07) is 5.00. The molecule has 1 aromatic carbocycles. The maximum Gasteiger partial charge on any atom is 0.241 e. The highest BCUT2D eigenvalue weighted by atomic mass is 35.5. The van der Waals surface area contributed by atoms with E-state index in [0.29, 0.717) is 28.2 Å². The number of carbonyl (C=O) groups excluding carboxylic acids is 1. The molecule has 1 heterocycles. The molecule has 1 aromatic rings. The van der Waals surface area contributed by atoms with E-state index in [1.54, 1.807) is 18.2 Å². The number of hydrogen-bond donors (Lipinski definition) is 2. The summed E-state index contributed by atoms with van der Waals surface area (Å²) in [5.41, 5.74) is 6.89. The van der Waals surface area contributed by atoms with Crippen LogP contribution < -0.4 is 11.1 Å². The lowest BCUT2D eigenvalue weighted by atomic mass is 10.0. The van der Waals surface area contributed by atoms with Gasteiger partial charge in [-0.3, -0.25) is 9.69 Å². The van der Waals surface area contributed by atoms with Gasteiger partial charge in [0, 0.05) is 18.8 Å². The highest BCUT2D eigenvalue weighted by molar-refractivity contribution is 6.33. The molecule has 5 heteroatoms. The van der Waals surface area contributed by atoms with Crippen LogP contribution in [0.15, 0.2) is 18.2 Å². The fourth-order valence-electron chi connectivity index (χ4n) is 2.52. The van der Waals surface area contributed by atoms with E-state index in [4.69, 9.17) is 17.3 Å². The van der Waals surface area contributed by atoms with E-state index in [1.165, 1.54) is 0 Å². The van der Waals surface area contributed by atoms with Gasteiger partial charge in [0.1, 0.15) is 0 Å². The smallest absolute Gasteiger partial charge is 0.241 e. The van der Waals surface area contributed by atoms with Crippen LogP contribution in [-0.2, 0) is 4.79 Å². The average molecular weight is 296 g/mol. The SMILES string of the molecule is CC1CN(C(C)C(=O)Nc2ccc(Cl)c(N)c2)CC1C. The number of nitrogen functional groups attached to an aromatic ring is 1. The van der Waals surface area contributed by atoms with Crippen molar-refractivity contribution in [3.8, 4) is 0 Å². The molecule has 20 heavy (non-hydrogen) atoms. The number of nitrogens with two attached hydrogens (primary N) is 1. The van der Waals surface area contributed by atoms with Crippen molar-refractivity contribution < 1.29 is 4.79 Å². The second-order valence-electron chi connectivity index (χ2n) is 5.81. The number of nitrogens with one attached hydrogen (secondary N) is 1.